The molecule has 6 rings (SSSR count). The van der Waals surface area contributed by atoms with E-state index >= 15 is 0 Å². The van der Waals surface area contributed by atoms with Gasteiger partial charge in [0.05, 0.1) is 40.7 Å². The molecule has 1 fully saturated rings. The van der Waals surface area contributed by atoms with Gasteiger partial charge in [0.25, 0.3) is 5.91 Å². The second-order valence-corrected chi connectivity index (χ2v) is 9.75. The predicted octanol–water partition coefficient (Wildman–Crippen LogP) is 4.69. The number of benzene rings is 1. The third-order valence-electron chi connectivity index (χ3n) is 7.05. The third-order valence-corrected chi connectivity index (χ3v) is 7.05. The van der Waals surface area contributed by atoms with Crippen LogP contribution in [0.5, 0.6) is 0 Å². The van der Waals surface area contributed by atoms with E-state index in [-0.39, 0.29) is 5.91 Å². The number of rotatable bonds is 4. The lowest BCUT2D eigenvalue weighted by atomic mass is 10.0. The van der Waals surface area contributed by atoms with E-state index in [0.29, 0.717) is 23.4 Å². The summed E-state index contributed by atoms with van der Waals surface area (Å²) in [4.78, 5) is 34.3. The van der Waals surface area contributed by atoms with E-state index in [0.717, 1.165) is 52.6 Å². The van der Waals surface area contributed by atoms with E-state index in [2.05, 4.69) is 39.2 Å². The molecule has 1 aliphatic rings. The minimum absolute atomic E-state index is 0.204. The molecular weight excluding hydrogens is 450 g/mol. The number of hydrogen-bond acceptors (Lipinski definition) is 6. The largest absolute Gasteiger partial charge is 0.357 e. The summed E-state index contributed by atoms with van der Waals surface area (Å²) in [5.74, 6) is 1.52. The van der Waals surface area contributed by atoms with Crippen LogP contribution in [0.3, 0.4) is 0 Å². The first-order valence-electron chi connectivity index (χ1n) is 12.6. The lowest BCUT2D eigenvalue weighted by Crippen LogP contribution is -2.25. The van der Waals surface area contributed by atoms with Crippen molar-refractivity contribution in [3.8, 4) is 0 Å². The van der Waals surface area contributed by atoms with E-state index in [9.17, 15) is 4.79 Å². The highest BCUT2D eigenvalue weighted by Gasteiger charge is 2.20. The Morgan fingerprint density at radius 1 is 1.03 bits per heavy atom. The Hall–Kier alpha value is -4.07. The summed E-state index contributed by atoms with van der Waals surface area (Å²) in [6, 6.07) is 14.0. The molecule has 1 unspecified atom stereocenters. The van der Waals surface area contributed by atoms with Crippen molar-refractivity contribution in [2.24, 2.45) is 5.92 Å². The van der Waals surface area contributed by atoms with Gasteiger partial charge < -0.3 is 10.2 Å². The van der Waals surface area contributed by atoms with Gasteiger partial charge in [-0.3, -0.25) is 19.2 Å². The van der Waals surface area contributed by atoms with Crippen LogP contribution in [0.15, 0.2) is 54.9 Å². The van der Waals surface area contributed by atoms with Crippen molar-refractivity contribution in [3.05, 3.63) is 71.8 Å². The summed E-state index contributed by atoms with van der Waals surface area (Å²) in [5, 5.41) is 3.89. The third kappa shape index (κ3) is 4.12. The second kappa shape index (κ2) is 9.18. The number of nitrogens with zero attached hydrogens (tertiary/aromatic N) is 6. The van der Waals surface area contributed by atoms with Crippen LogP contribution in [0.25, 0.3) is 27.7 Å². The fraction of sp³-hybridized carbons (Fsp3) is 0.321. The van der Waals surface area contributed by atoms with Gasteiger partial charge in [-0.2, -0.15) is 0 Å². The normalized spacial score (nSPS) is 16.5. The number of pyridine rings is 2. The molecule has 0 spiro atoms. The minimum Gasteiger partial charge on any atom is -0.357 e. The number of carbonyl (C=O) groups is 1. The number of amides is 1. The van der Waals surface area contributed by atoms with E-state index in [4.69, 9.17) is 9.97 Å². The van der Waals surface area contributed by atoms with Crippen molar-refractivity contribution in [1.29, 1.82) is 0 Å². The monoisotopic (exact) mass is 479 g/mol. The van der Waals surface area contributed by atoms with Crippen molar-refractivity contribution < 1.29 is 4.79 Å². The SMILES string of the molecule is Cc1cnc(CNC(=O)c2cc3ccc(N4CCCC(C)CC4)nc3n3c2nc2ccccc23)cn1. The maximum Gasteiger partial charge on any atom is 0.255 e. The first kappa shape index (κ1) is 22.4. The molecule has 1 aliphatic heterocycles. The molecule has 1 saturated heterocycles. The quantitative estimate of drug-likeness (QED) is 0.402. The van der Waals surface area contributed by atoms with Crippen molar-refractivity contribution >= 4 is 39.4 Å². The number of nitrogens with one attached hydrogen (secondary N) is 1. The number of aryl methyl sites for hydroxylation is 1. The minimum atomic E-state index is -0.204. The Balaban J connectivity index is 1.44. The average Bonchev–Trinajstić information content (AvgIpc) is 3.16. The number of aromatic nitrogens is 5. The zero-order chi connectivity index (χ0) is 24.6. The van der Waals surface area contributed by atoms with Gasteiger partial charge in [-0.1, -0.05) is 19.1 Å². The summed E-state index contributed by atoms with van der Waals surface area (Å²) >= 11 is 0. The van der Waals surface area contributed by atoms with Gasteiger partial charge in [0.15, 0.2) is 5.65 Å². The maximum atomic E-state index is 13.4. The van der Waals surface area contributed by atoms with Gasteiger partial charge in [-0.15, -0.1) is 0 Å². The van der Waals surface area contributed by atoms with Crippen LogP contribution in [0, 0.1) is 12.8 Å². The molecule has 4 aromatic heterocycles. The number of imidazole rings is 1. The van der Waals surface area contributed by atoms with E-state index in [1.54, 1.807) is 12.4 Å². The van der Waals surface area contributed by atoms with Crippen LogP contribution >= 0.6 is 0 Å². The highest BCUT2D eigenvalue weighted by molar-refractivity contribution is 6.05. The molecule has 0 radical (unpaired) electrons. The molecular formula is C28H29N7O. The zero-order valence-corrected chi connectivity index (χ0v) is 20.6. The summed E-state index contributed by atoms with van der Waals surface area (Å²) in [6.07, 6.45) is 6.99. The molecule has 182 valence electrons. The maximum absolute atomic E-state index is 13.4. The van der Waals surface area contributed by atoms with Gasteiger partial charge in [0, 0.05) is 24.7 Å². The van der Waals surface area contributed by atoms with Crippen molar-refractivity contribution in [2.45, 2.75) is 39.7 Å². The Morgan fingerprint density at radius 2 is 1.92 bits per heavy atom. The van der Waals surface area contributed by atoms with Crippen molar-refractivity contribution in [2.75, 3.05) is 18.0 Å². The number of para-hydroxylation sites is 2. The number of anilines is 1. The molecule has 5 aromatic rings. The van der Waals surface area contributed by atoms with Crippen LogP contribution < -0.4 is 10.2 Å². The second-order valence-electron chi connectivity index (χ2n) is 9.75. The van der Waals surface area contributed by atoms with Crippen LogP contribution in [0.1, 0.15) is 47.9 Å². The van der Waals surface area contributed by atoms with Gasteiger partial charge in [-0.25, -0.2) is 9.97 Å². The van der Waals surface area contributed by atoms with E-state index in [1.807, 2.05) is 41.7 Å². The summed E-state index contributed by atoms with van der Waals surface area (Å²) in [7, 11) is 0. The zero-order valence-electron chi connectivity index (χ0n) is 20.6. The standard InChI is InChI=1S/C28H29N7O/c1-18-6-5-12-34(13-11-18)25-10-9-20-14-22(28(36)31-17-21-16-29-19(2)15-30-21)27-32-23-7-3-4-8-24(23)35(27)26(20)33-25/h3-4,7-10,14-16,18H,5-6,11-13,17H2,1-2H3,(H,31,36). The molecule has 8 nitrogen and oxygen atoms in total. The van der Waals surface area contributed by atoms with E-state index in [1.165, 1.54) is 19.3 Å². The molecule has 5 heterocycles. The summed E-state index contributed by atoms with van der Waals surface area (Å²) < 4.78 is 2.02. The molecule has 0 aliphatic carbocycles. The van der Waals surface area contributed by atoms with Crippen LogP contribution in [-0.4, -0.2) is 43.3 Å². The predicted molar refractivity (Wildman–Crippen MR) is 141 cm³/mol. The number of hydrogen-bond donors (Lipinski definition) is 1. The summed E-state index contributed by atoms with van der Waals surface area (Å²) in [5.41, 5.74) is 5.24. The molecule has 1 amide bonds. The van der Waals surface area contributed by atoms with Crippen LogP contribution in [0.4, 0.5) is 5.82 Å². The summed E-state index contributed by atoms with van der Waals surface area (Å²) in [6.45, 7) is 6.53. The van der Waals surface area contributed by atoms with Crippen LogP contribution in [-0.2, 0) is 6.54 Å². The van der Waals surface area contributed by atoms with Crippen molar-refractivity contribution in [1.82, 2.24) is 29.7 Å². The Kier molecular flexibility index (Phi) is 5.71. The molecule has 0 saturated carbocycles. The highest BCUT2D eigenvalue weighted by atomic mass is 16.1. The Morgan fingerprint density at radius 3 is 2.78 bits per heavy atom. The smallest absolute Gasteiger partial charge is 0.255 e. The molecule has 1 N–H and O–H groups in total. The van der Waals surface area contributed by atoms with Gasteiger partial charge in [0.2, 0.25) is 0 Å². The van der Waals surface area contributed by atoms with E-state index < -0.39 is 0 Å². The number of carbonyl (C=O) groups excluding carboxylic acids is 1. The molecule has 1 atom stereocenters. The van der Waals surface area contributed by atoms with Gasteiger partial charge in [-0.05, 0) is 62.4 Å². The Bertz CT molecular complexity index is 1570. The Labute approximate surface area is 209 Å². The molecule has 1 aromatic carbocycles. The molecule has 8 heteroatoms. The molecule has 0 bridgehead atoms. The average molecular weight is 480 g/mol. The van der Waals surface area contributed by atoms with Crippen molar-refractivity contribution in [3.63, 3.8) is 0 Å². The fourth-order valence-electron chi connectivity index (χ4n) is 4.99. The number of fused-ring (bicyclic) bond motifs is 5. The lowest BCUT2D eigenvalue weighted by Gasteiger charge is -2.22. The fourth-order valence-corrected chi connectivity index (χ4v) is 4.99. The van der Waals surface area contributed by atoms with Gasteiger partial charge >= 0.3 is 0 Å². The topological polar surface area (TPSA) is 88.3 Å². The first-order chi connectivity index (χ1) is 17.6. The molecule has 36 heavy (non-hydrogen) atoms. The van der Waals surface area contributed by atoms with Crippen LogP contribution in [0.2, 0.25) is 0 Å². The highest BCUT2D eigenvalue weighted by Crippen LogP contribution is 2.28. The van der Waals surface area contributed by atoms with Gasteiger partial charge in [0.1, 0.15) is 11.5 Å². The lowest BCUT2D eigenvalue weighted by molar-refractivity contribution is 0.0951. The first-order valence-corrected chi connectivity index (χ1v) is 12.6.